The highest BCUT2D eigenvalue weighted by molar-refractivity contribution is 5.92. The summed E-state index contributed by atoms with van der Waals surface area (Å²) in [5.41, 5.74) is 0.0246. The van der Waals surface area contributed by atoms with E-state index in [9.17, 15) is 18.4 Å². The van der Waals surface area contributed by atoms with Crippen molar-refractivity contribution < 1.29 is 18.4 Å². The van der Waals surface area contributed by atoms with Crippen molar-refractivity contribution in [3.05, 3.63) is 29.8 Å². The molecule has 2 atom stereocenters. The molecule has 0 radical (unpaired) electrons. The van der Waals surface area contributed by atoms with E-state index in [4.69, 9.17) is 0 Å². The van der Waals surface area contributed by atoms with Gasteiger partial charge in [-0.15, -0.1) is 0 Å². The normalized spacial score (nSPS) is 22.6. The molecule has 3 rings (SSSR count). The minimum Gasteiger partial charge on any atom is -0.350 e. The van der Waals surface area contributed by atoms with Crippen molar-refractivity contribution in [3.63, 3.8) is 0 Å². The van der Waals surface area contributed by atoms with Gasteiger partial charge in [0.25, 0.3) is 6.43 Å². The Labute approximate surface area is 164 Å². The quantitative estimate of drug-likeness (QED) is 0.777. The van der Waals surface area contributed by atoms with Crippen molar-refractivity contribution in [3.8, 4) is 0 Å². The smallest absolute Gasteiger partial charge is 0.263 e. The molecule has 2 N–H and O–H groups in total. The SMILES string of the molecule is CC(C)(C)NC(=O)CN1CC2CC1CN2CC(=O)Nc1cccc(C(F)F)c1. The average Bonchev–Trinajstić information content (AvgIpc) is 3.12. The molecule has 2 aliphatic heterocycles. The number of benzene rings is 1. The van der Waals surface area contributed by atoms with Crippen LogP contribution in [0.5, 0.6) is 0 Å². The van der Waals surface area contributed by atoms with Crippen molar-refractivity contribution >= 4 is 17.5 Å². The van der Waals surface area contributed by atoms with Gasteiger partial charge in [0.05, 0.1) is 13.1 Å². The number of nitrogens with zero attached hydrogens (tertiary/aromatic N) is 2. The van der Waals surface area contributed by atoms with E-state index in [1.165, 1.54) is 18.2 Å². The maximum atomic E-state index is 12.8. The predicted octanol–water partition coefficient (Wildman–Crippen LogP) is 2.24. The van der Waals surface area contributed by atoms with E-state index >= 15 is 0 Å². The first-order chi connectivity index (χ1) is 13.1. The second-order valence-electron chi connectivity index (χ2n) is 8.67. The Balaban J connectivity index is 1.47. The van der Waals surface area contributed by atoms with Gasteiger partial charge in [0.2, 0.25) is 11.8 Å². The molecular weight excluding hydrogens is 366 g/mol. The number of piperazine rings is 1. The van der Waals surface area contributed by atoms with Crippen molar-refractivity contribution in [2.75, 3.05) is 31.5 Å². The highest BCUT2D eigenvalue weighted by atomic mass is 19.3. The Morgan fingerprint density at radius 2 is 1.71 bits per heavy atom. The van der Waals surface area contributed by atoms with E-state index in [0.29, 0.717) is 12.2 Å². The van der Waals surface area contributed by atoms with Gasteiger partial charge in [-0.1, -0.05) is 12.1 Å². The summed E-state index contributed by atoms with van der Waals surface area (Å²) in [6, 6.07) is 6.26. The maximum absolute atomic E-state index is 12.8. The first kappa shape index (κ1) is 20.7. The standard InChI is InChI=1S/C20H28F2N4O2/c1-20(2,3)24-18(28)12-26-10-15-8-16(26)9-25(15)11-17(27)23-14-6-4-5-13(7-14)19(21)22/h4-7,15-16,19H,8-12H2,1-3H3,(H,23,27)(H,24,28). The molecule has 2 fully saturated rings. The summed E-state index contributed by atoms with van der Waals surface area (Å²) in [4.78, 5) is 28.7. The van der Waals surface area contributed by atoms with Gasteiger partial charge in [0.15, 0.2) is 0 Å². The molecule has 2 saturated heterocycles. The third-order valence-corrected chi connectivity index (χ3v) is 5.10. The average molecular weight is 394 g/mol. The Hall–Kier alpha value is -2.06. The minimum atomic E-state index is -2.56. The molecule has 6 nitrogen and oxygen atoms in total. The van der Waals surface area contributed by atoms with Crippen LogP contribution in [0.3, 0.4) is 0 Å². The fourth-order valence-corrected chi connectivity index (χ4v) is 4.00. The number of rotatable bonds is 6. The lowest BCUT2D eigenvalue weighted by Crippen LogP contribution is -2.52. The van der Waals surface area contributed by atoms with Gasteiger partial charge in [-0.05, 0) is 39.3 Å². The Morgan fingerprint density at radius 3 is 2.25 bits per heavy atom. The number of hydrogen-bond donors (Lipinski definition) is 2. The highest BCUT2D eigenvalue weighted by Gasteiger charge is 2.44. The number of nitrogens with one attached hydrogen (secondary N) is 2. The molecule has 2 unspecified atom stereocenters. The molecule has 154 valence electrons. The number of carbonyl (C=O) groups excluding carboxylic acids is 2. The van der Waals surface area contributed by atoms with Crippen LogP contribution < -0.4 is 10.6 Å². The lowest BCUT2D eigenvalue weighted by atomic mass is 10.1. The fraction of sp³-hybridized carbons (Fsp3) is 0.600. The third kappa shape index (κ3) is 5.26. The molecule has 0 aromatic heterocycles. The summed E-state index contributed by atoms with van der Waals surface area (Å²) in [5, 5.41) is 5.68. The van der Waals surface area contributed by atoms with Gasteiger partial charge in [0, 0.05) is 42.0 Å². The topological polar surface area (TPSA) is 64.7 Å². The van der Waals surface area contributed by atoms with Crippen LogP contribution in [0.4, 0.5) is 14.5 Å². The summed E-state index contributed by atoms with van der Waals surface area (Å²) >= 11 is 0. The van der Waals surface area contributed by atoms with Gasteiger partial charge in [-0.2, -0.15) is 0 Å². The molecule has 28 heavy (non-hydrogen) atoms. The van der Waals surface area contributed by atoms with E-state index < -0.39 is 6.43 Å². The molecule has 2 heterocycles. The molecule has 2 bridgehead atoms. The Bertz CT molecular complexity index is 735. The van der Waals surface area contributed by atoms with E-state index in [-0.39, 0.29) is 41.5 Å². The van der Waals surface area contributed by atoms with Crippen LogP contribution in [-0.4, -0.2) is 65.4 Å². The minimum absolute atomic E-state index is 0.0169. The fourth-order valence-electron chi connectivity index (χ4n) is 4.00. The van der Waals surface area contributed by atoms with Crippen LogP contribution in [-0.2, 0) is 9.59 Å². The highest BCUT2D eigenvalue weighted by Crippen LogP contribution is 2.30. The van der Waals surface area contributed by atoms with E-state index in [0.717, 1.165) is 19.5 Å². The number of halogens is 2. The molecule has 0 spiro atoms. The van der Waals surface area contributed by atoms with Gasteiger partial charge >= 0.3 is 0 Å². The zero-order chi connectivity index (χ0) is 20.5. The molecule has 2 aliphatic rings. The number of carbonyl (C=O) groups is 2. The van der Waals surface area contributed by atoms with E-state index in [1.54, 1.807) is 6.07 Å². The number of likely N-dealkylation sites (tertiary alicyclic amines) is 2. The van der Waals surface area contributed by atoms with Gasteiger partial charge in [-0.25, -0.2) is 8.78 Å². The largest absolute Gasteiger partial charge is 0.350 e. The van der Waals surface area contributed by atoms with E-state index in [1.807, 2.05) is 20.8 Å². The first-order valence-corrected chi connectivity index (χ1v) is 9.58. The number of anilines is 1. The summed E-state index contributed by atoms with van der Waals surface area (Å²) in [7, 11) is 0. The second kappa shape index (κ2) is 8.13. The lowest BCUT2D eigenvalue weighted by Gasteiger charge is -2.34. The monoisotopic (exact) mass is 394 g/mol. The molecule has 0 aliphatic carbocycles. The Kier molecular flexibility index (Phi) is 6.00. The van der Waals surface area contributed by atoms with E-state index in [2.05, 4.69) is 20.4 Å². The third-order valence-electron chi connectivity index (χ3n) is 5.10. The molecular formula is C20H28F2N4O2. The van der Waals surface area contributed by atoms with Crippen LogP contribution in [0, 0.1) is 0 Å². The predicted molar refractivity (Wildman–Crippen MR) is 103 cm³/mol. The van der Waals surface area contributed by atoms with Crippen LogP contribution in [0.2, 0.25) is 0 Å². The zero-order valence-electron chi connectivity index (χ0n) is 16.5. The summed E-state index contributed by atoms with van der Waals surface area (Å²) < 4.78 is 25.6. The van der Waals surface area contributed by atoms with Gasteiger partial charge in [-0.3, -0.25) is 19.4 Å². The zero-order valence-corrected chi connectivity index (χ0v) is 16.5. The molecule has 8 heteroatoms. The summed E-state index contributed by atoms with van der Waals surface area (Å²) in [5.74, 6) is -0.195. The van der Waals surface area contributed by atoms with Crippen molar-refractivity contribution in [1.29, 1.82) is 0 Å². The first-order valence-electron chi connectivity index (χ1n) is 9.58. The molecule has 2 amide bonds. The summed E-state index contributed by atoms with van der Waals surface area (Å²) in [6.07, 6.45) is -1.62. The van der Waals surface area contributed by atoms with Crippen LogP contribution in [0.1, 0.15) is 39.2 Å². The number of amides is 2. The maximum Gasteiger partial charge on any atom is 0.263 e. The number of fused-ring (bicyclic) bond motifs is 2. The van der Waals surface area contributed by atoms with Gasteiger partial charge < -0.3 is 10.6 Å². The number of alkyl halides is 2. The number of hydrogen-bond acceptors (Lipinski definition) is 4. The summed E-state index contributed by atoms with van der Waals surface area (Å²) in [6.45, 7) is 7.96. The molecule has 1 aromatic carbocycles. The van der Waals surface area contributed by atoms with Crippen LogP contribution in [0.25, 0.3) is 0 Å². The van der Waals surface area contributed by atoms with Crippen molar-refractivity contribution in [2.24, 2.45) is 0 Å². The second-order valence-corrected chi connectivity index (χ2v) is 8.67. The Morgan fingerprint density at radius 1 is 1.11 bits per heavy atom. The van der Waals surface area contributed by atoms with Crippen molar-refractivity contribution in [1.82, 2.24) is 15.1 Å². The lowest BCUT2D eigenvalue weighted by molar-refractivity contribution is -0.124. The van der Waals surface area contributed by atoms with Crippen LogP contribution in [0.15, 0.2) is 24.3 Å². The molecule has 0 saturated carbocycles. The van der Waals surface area contributed by atoms with Crippen molar-refractivity contribution in [2.45, 2.75) is 51.2 Å². The van der Waals surface area contributed by atoms with Gasteiger partial charge in [0.1, 0.15) is 0 Å². The molecule has 1 aromatic rings. The van der Waals surface area contributed by atoms with Crippen LogP contribution >= 0.6 is 0 Å².